The Bertz CT molecular complexity index is 563. The molecule has 100 valence electrons. The Morgan fingerprint density at radius 3 is 2.26 bits per heavy atom. The lowest BCUT2D eigenvalue weighted by atomic mass is 10.1. The van der Waals surface area contributed by atoms with Crippen LogP contribution in [0.5, 0.6) is 0 Å². The Morgan fingerprint density at radius 1 is 1.11 bits per heavy atom. The summed E-state index contributed by atoms with van der Waals surface area (Å²) in [6.45, 7) is 3.64. The van der Waals surface area contributed by atoms with Crippen LogP contribution >= 0.6 is 0 Å². The number of rotatable bonds is 3. The highest BCUT2D eigenvalue weighted by Gasteiger charge is 2.11. The Kier molecular flexibility index (Phi) is 3.86. The highest BCUT2D eigenvalue weighted by Crippen LogP contribution is 2.28. The van der Waals surface area contributed by atoms with Crippen molar-refractivity contribution in [2.24, 2.45) is 0 Å². The number of aliphatic hydroxyl groups excluding tert-OH is 1. The first-order valence-corrected chi connectivity index (χ1v) is 6.27. The molecule has 0 heterocycles. The molecule has 3 heteroatoms. The highest BCUT2D eigenvalue weighted by atomic mass is 19.1. The first kappa shape index (κ1) is 13.6. The summed E-state index contributed by atoms with van der Waals surface area (Å²) in [4.78, 5) is 1.79. The summed E-state index contributed by atoms with van der Waals surface area (Å²) in [5.74, 6) is -0.332. The predicted molar refractivity (Wildman–Crippen MR) is 76.3 cm³/mol. The van der Waals surface area contributed by atoms with Crippen LogP contribution < -0.4 is 4.90 Å². The molecule has 0 fully saturated rings. The summed E-state index contributed by atoms with van der Waals surface area (Å²) in [7, 11) is 1.82. The number of nitrogens with zero attached hydrogens (tertiary/aromatic N) is 1. The number of anilines is 2. The number of aryl methyl sites for hydroxylation is 1. The van der Waals surface area contributed by atoms with Crippen molar-refractivity contribution in [2.45, 2.75) is 20.0 Å². The van der Waals surface area contributed by atoms with Gasteiger partial charge in [-0.1, -0.05) is 23.8 Å². The Balaban J connectivity index is 2.33. The molecule has 2 rings (SSSR count). The number of aliphatic hydroxyl groups is 1. The van der Waals surface area contributed by atoms with Gasteiger partial charge in [0.2, 0.25) is 0 Å². The minimum atomic E-state index is -0.659. The molecule has 0 aliphatic heterocycles. The topological polar surface area (TPSA) is 23.5 Å². The molecule has 0 spiro atoms. The van der Waals surface area contributed by atoms with Gasteiger partial charge in [-0.25, -0.2) is 4.39 Å². The van der Waals surface area contributed by atoms with Crippen LogP contribution in [0, 0.1) is 12.7 Å². The third-order valence-electron chi connectivity index (χ3n) is 3.24. The first-order valence-electron chi connectivity index (χ1n) is 6.27. The highest BCUT2D eigenvalue weighted by molar-refractivity contribution is 5.63. The molecule has 0 amide bonds. The zero-order valence-corrected chi connectivity index (χ0v) is 11.4. The molecule has 1 atom stereocenters. The largest absolute Gasteiger partial charge is 0.389 e. The van der Waals surface area contributed by atoms with E-state index in [-0.39, 0.29) is 5.82 Å². The molecule has 0 aliphatic rings. The first-order chi connectivity index (χ1) is 8.99. The molecule has 0 saturated heterocycles. The van der Waals surface area contributed by atoms with E-state index < -0.39 is 6.10 Å². The second kappa shape index (κ2) is 5.41. The van der Waals surface area contributed by atoms with E-state index in [2.05, 4.69) is 0 Å². The molecular formula is C16H18FNO. The molecule has 0 aromatic heterocycles. The quantitative estimate of drug-likeness (QED) is 0.902. The second-order valence-corrected chi connectivity index (χ2v) is 4.78. The van der Waals surface area contributed by atoms with Crippen molar-refractivity contribution in [2.75, 3.05) is 11.9 Å². The Morgan fingerprint density at radius 2 is 1.74 bits per heavy atom. The third kappa shape index (κ3) is 2.93. The van der Waals surface area contributed by atoms with Gasteiger partial charge in [-0.05, 0) is 43.7 Å². The van der Waals surface area contributed by atoms with Crippen LogP contribution in [0.15, 0.2) is 42.5 Å². The molecule has 0 bridgehead atoms. The number of hydrogen-bond acceptors (Lipinski definition) is 2. The van der Waals surface area contributed by atoms with Crippen LogP contribution in [0.2, 0.25) is 0 Å². The van der Waals surface area contributed by atoms with Gasteiger partial charge in [0.1, 0.15) is 5.82 Å². The summed E-state index contributed by atoms with van der Waals surface area (Å²) in [5.41, 5.74) is 3.17. The van der Waals surface area contributed by atoms with Crippen molar-refractivity contribution < 1.29 is 9.50 Å². The van der Waals surface area contributed by atoms with Gasteiger partial charge in [0.05, 0.1) is 11.8 Å². The maximum Gasteiger partial charge on any atom is 0.147 e. The SMILES string of the molecule is Cc1ccc(N(C)c2ccc([C@@H](C)O)cc2F)cc1. The van der Waals surface area contributed by atoms with Crippen molar-refractivity contribution in [1.29, 1.82) is 0 Å². The summed E-state index contributed by atoms with van der Waals surface area (Å²) >= 11 is 0. The molecule has 2 aromatic carbocycles. The standard InChI is InChI=1S/C16H18FNO/c1-11-4-7-14(8-5-11)18(3)16-9-6-13(12(2)19)10-15(16)17/h4-10,12,19H,1-3H3/t12-/m1/s1. The van der Waals surface area contributed by atoms with E-state index >= 15 is 0 Å². The molecule has 2 nitrogen and oxygen atoms in total. The Hall–Kier alpha value is -1.87. The van der Waals surface area contributed by atoms with Crippen molar-refractivity contribution in [3.8, 4) is 0 Å². The van der Waals surface area contributed by atoms with Gasteiger partial charge < -0.3 is 10.0 Å². The average Bonchev–Trinajstić information content (AvgIpc) is 2.38. The van der Waals surface area contributed by atoms with Crippen LogP contribution in [0.4, 0.5) is 15.8 Å². The van der Waals surface area contributed by atoms with E-state index in [1.807, 2.05) is 38.2 Å². The fourth-order valence-electron chi connectivity index (χ4n) is 1.96. The zero-order valence-electron chi connectivity index (χ0n) is 11.4. The van der Waals surface area contributed by atoms with Gasteiger partial charge in [0.25, 0.3) is 0 Å². The van der Waals surface area contributed by atoms with E-state index in [1.165, 1.54) is 11.6 Å². The molecular weight excluding hydrogens is 241 g/mol. The summed E-state index contributed by atoms with van der Waals surface area (Å²) in [6, 6.07) is 12.7. The monoisotopic (exact) mass is 259 g/mol. The smallest absolute Gasteiger partial charge is 0.147 e. The molecule has 1 N–H and O–H groups in total. The fourth-order valence-corrected chi connectivity index (χ4v) is 1.96. The molecule has 0 saturated carbocycles. The van der Waals surface area contributed by atoms with Crippen molar-refractivity contribution in [1.82, 2.24) is 0 Å². The molecule has 19 heavy (non-hydrogen) atoms. The van der Waals surface area contributed by atoms with Gasteiger partial charge in [0.15, 0.2) is 0 Å². The van der Waals surface area contributed by atoms with Gasteiger partial charge in [-0.2, -0.15) is 0 Å². The minimum Gasteiger partial charge on any atom is -0.389 e. The van der Waals surface area contributed by atoms with Gasteiger partial charge in [-0.3, -0.25) is 0 Å². The van der Waals surface area contributed by atoms with Gasteiger partial charge in [0, 0.05) is 12.7 Å². The lowest BCUT2D eigenvalue weighted by molar-refractivity contribution is 0.199. The van der Waals surface area contributed by atoms with Gasteiger partial charge in [-0.15, -0.1) is 0 Å². The van der Waals surface area contributed by atoms with Crippen LogP contribution in [0.25, 0.3) is 0 Å². The number of hydrogen-bond donors (Lipinski definition) is 1. The maximum absolute atomic E-state index is 14.1. The van der Waals surface area contributed by atoms with E-state index in [0.717, 1.165) is 5.69 Å². The van der Waals surface area contributed by atoms with E-state index in [0.29, 0.717) is 11.3 Å². The van der Waals surface area contributed by atoms with Crippen LogP contribution in [-0.2, 0) is 0 Å². The third-order valence-corrected chi connectivity index (χ3v) is 3.24. The minimum absolute atomic E-state index is 0.332. The van der Waals surface area contributed by atoms with Crippen LogP contribution in [-0.4, -0.2) is 12.2 Å². The van der Waals surface area contributed by atoms with E-state index in [1.54, 1.807) is 24.0 Å². The second-order valence-electron chi connectivity index (χ2n) is 4.78. The maximum atomic E-state index is 14.1. The summed E-state index contributed by atoms with van der Waals surface area (Å²) < 4.78 is 14.1. The van der Waals surface area contributed by atoms with E-state index in [9.17, 15) is 9.50 Å². The molecule has 0 aliphatic carbocycles. The number of halogens is 1. The Labute approximate surface area is 113 Å². The summed E-state index contributed by atoms with van der Waals surface area (Å²) in [5, 5.41) is 9.44. The lowest BCUT2D eigenvalue weighted by Gasteiger charge is -2.21. The van der Waals surface area contributed by atoms with Crippen molar-refractivity contribution >= 4 is 11.4 Å². The molecule has 0 unspecified atom stereocenters. The van der Waals surface area contributed by atoms with Gasteiger partial charge >= 0.3 is 0 Å². The summed E-state index contributed by atoms with van der Waals surface area (Å²) in [6.07, 6.45) is -0.659. The molecule has 0 radical (unpaired) electrons. The van der Waals surface area contributed by atoms with Crippen LogP contribution in [0.3, 0.4) is 0 Å². The fraction of sp³-hybridized carbons (Fsp3) is 0.250. The predicted octanol–water partition coefficient (Wildman–Crippen LogP) is 3.96. The van der Waals surface area contributed by atoms with Crippen LogP contribution in [0.1, 0.15) is 24.2 Å². The van der Waals surface area contributed by atoms with Crippen molar-refractivity contribution in [3.63, 3.8) is 0 Å². The average molecular weight is 259 g/mol. The van der Waals surface area contributed by atoms with E-state index in [4.69, 9.17) is 0 Å². The zero-order chi connectivity index (χ0) is 14.0. The lowest BCUT2D eigenvalue weighted by Crippen LogP contribution is -2.11. The number of benzene rings is 2. The normalized spacial score (nSPS) is 12.3. The van der Waals surface area contributed by atoms with Crippen molar-refractivity contribution in [3.05, 3.63) is 59.4 Å². The molecule has 2 aromatic rings.